The first-order valence-electron chi connectivity index (χ1n) is 31.3. The lowest BCUT2D eigenvalue weighted by molar-refractivity contribution is -0.167. The van der Waals surface area contributed by atoms with Gasteiger partial charge in [0.25, 0.3) is 0 Å². The molecule has 0 saturated heterocycles. The van der Waals surface area contributed by atoms with Gasteiger partial charge in [-0.15, -0.1) is 0 Å². The van der Waals surface area contributed by atoms with Crippen LogP contribution in [0.2, 0.25) is 0 Å². The van der Waals surface area contributed by atoms with Crippen molar-refractivity contribution in [2.24, 2.45) is 0 Å². The summed E-state index contributed by atoms with van der Waals surface area (Å²) >= 11 is 0. The van der Waals surface area contributed by atoms with Gasteiger partial charge in [-0.2, -0.15) is 0 Å². The highest BCUT2D eigenvalue weighted by molar-refractivity contribution is 5.71. The minimum absolute atomic E-state index is 0.0697. The molecular weight excluding hydrogens is 865 g/mol. The predicted molar refractivity (Wildman–Crippen MR) is 303 cm³/mol. The van der Waals surface area contributed by atoms with Gasteiger partial charge in [0.1, 0.15) is 13.2 Å². The van der Waals surface area contributed by atoms with Gasteiger partial charge in [0.2, 0.25) is 0 Å². The second-order valence-corrected chi connectivity index (χ2v) is 21.3. The molecule has 0 amide bonds. The molecule has 6 nitrogen and oxygen atoms in total. The molecule has 1 atom stereocenters. The first kappa shape index (κ1) is 67.9. The Bertz CT molecular complexity index is 1130. The largest absolute Gasteiger partial charge is 0.462 e. The van der Waals surface area contributed by atoms with Crippen LogP contribution >= 0.6 is 0 Å². The van der Waals surface area contributed by atoms with Crippen molar-refractivity contribution >= 4 is 17.9 Å². The summed E-state index contributed by atoms with van der Waals surface area (Å²) in [5, 5.41) is 0. The Kier molecular flexibility index (Phi) is 57.7. The molecule has 1 unspecified atom stereocenters. The lowest BCUT2D eigenvalue weighted by Gasteiger charge is -2.18. The molecule has 70 heavy (non-hydrogen) atoms. The third-order valence-corrected chi connectivity index (χ3v) is 14.2. The molecule has 0 aromatic carbocycles. The number of rotatable bonds is 58. The molecule has 0 aliphatic heterocycles. The maximum Gasteiger partial charge on any atom is 0.306 e. The van der Waals surface area contributed by atoms with Crippen LogP contribution in [0, 0.1) is 0 Å². The number of hydrogen-bond acceptors (Lipinski definition) is 6. The molecule has 0 radical (unpaired) electrons. The maximum atomic E-state index is 12.8. The highest BCUT2D eigenvalue weighted by atomic mass is 16.6. The van der Waals surface area contributed by atoms with E-state index in [1.807, 2.05) is 0 Å². The summed E-state index contributed by atoms with van der Waals surface area (Å²) in [6.07, 6.45) is 70.7. The molecule has 0 fully saturated rings. The van der Waals surface area contributed by atoms with E-state index in [-0.39, 0.29) is 31.1 Å². The number of allylic oxidation sites excluding steroid dienone is 4. The van der Waals surface area contributed by atoms with Crippen molar-refractivity contribution in [3.63, 3.8) is 0 Å². The fraction of sp³-hybridized carbons (Fsp3) is 0.891. The van der Waals surface area contributed by atoms with E-state index < -0.39 is 6.10 Å². The lowest BCUT2D eigenvalue weighted by atomic mass is 10.0. The van der Waals surface area contributed by atoms with Gasteiger partial charge in [-0.1, -0.05) is 283 Å². The molecule has 0 aromatic rings. The first-order valence-corrected chi connectivity index (χ1v) is 31.3. The van der Waals surface area contributed by atoms with E-state index in [1.54, 1.807) is 0 Å². The van der Waals surface area contributed by atoms with Crippen LogP contribution in [0.25, 0.3) is 0 Å². The van der Waals surface area contributed by atoms with E-state index in [0.29, 0.717) is 19.3 Å². The zero-order valence-corrected chi connectivity index (χ0v) is 47.3. The lowest BCUT2D eigenvalue weighted by Crippen LogP contribution is -2.30. The van der Waals surface area contributed by atoms with Gasteiger partial charge in [0.15, 0.2) is 6.10 Å². The minimum Gasteiger partial charge on any atom is -0.462 e. The summed E-state index contributed by atoms with van der Waals surface area (Å²) in [5.74, 6) is -0.862. The number of carbonyl (C=O) groups is 3. The summed E-state index contributed by atoms with van der Waals surface area (Å²) in [6.45, 7) is 6.65. The summed E-state index contributed by atoms with van der Waals surface area (Å²) in [6, 6.07) is 0. The minimum atomic E-state index is -0.770. The van der Waals surface area contributed by atoms with Crippen molar-refractivity contribution in [3.05, 3.63) is 24.3 Å². The van der Waals surface area contributed by atoms with Crippen LogP contribution < -0.4 is 0 Å². The molecule has 0 spiro atoms. The average molecular weight is 986 g/mol. The van der Waals surface area contributed by atoms with Crippen molar-refractivity contribution in [2.75, 3.05) is 13.2 Å². The van der Waals surface area contributed by atoms with Gasteiger partial charge < -0.3 is 14.2 Å². The Balaban J connectivity index is 4.04. The molecule has 0 N–H and O–H groups in total. The van der Waals surface area contributed by atoms with Crippen LogP contribution in [0.3, 0.4) is 0 Å². The summed E-state index contributed by atoms with van der Waals surface area (Å²) in [4.78, 5) is 38.0. The van der Waals surface area contributed by atoms with Gasteiger partial charge in [-0.3, -0.25) is 14.4 Å². The molecule has 0 heterocycles. The smallest absolute Gasteiger partial charge is 0.306 e. The van der Waals surface area contributed by atoms with E-state index in [0.717, 1.165) is 64.2 Å². The zero-order chi connectivity index (χ0) is 50.7. The number of ether oxygens (including phenoxy) is 3. The van der Waals surface area contributed by atoms with E-state index in [9.17, 15) is 14.4 Å². The van der Waals surface area contributed by atoms with Gasteiger partial charge >= 0.3 is 17.9 Å². The zero-order valence-electron chi connectivity index (χ0n) is 47.3. The van der Waals surface area contributed by atoms with Crippen LogP contribution in [-0.2, 0) is 28.6 Å². The Hall–Kier alpha value is -2.11. The molecule has 0 aliphatic carbocycles. The molecule has 0 rings (SSSR count). The topological polar surface area (TPSA) is 78.9 Å². The fourth-order valence-corrected chi connectivity index (χ4v) is 9.44. The number of unbranched alkanes of at least 4 members (excludes halogenated alkanes) is 43. The van der Waals surface area contributed by atoms with Crippen LogP contribution in [0.15, 0.2) is 24.3 Å². The molecule has 0 aromatic heterocycles. The van der Waals surface area contributed by atoms with Gasteiger partial charge in [0.05, 0.1) is 0 Å². The van der Waals surface area contributed by atoms with Crippen LogP contribution in [0.5, 0.6) is 0 Å². The van der Waals surface area contributed by atoms with E-state index in [2.05, 4.69) is 45.1 Å². The maximum absolute atomic E-state index is 12.8. The second kappa shape index (κ2) is 59.5. The summed E-state index contributed by atoms with van der Waals surface area (Å²) < 4.78 is 16.8. The van der Waals surface area contributed by atoms with Gasteiger partial charge in [-0.25, -0.2) is 0 Å². The van der Waals surface area contributed by atoms with Gasteiger partial charge in [-0.05, 0) is 70.6 Å². The van der Waals surface area contributed by atoms with Crippen molar-refractivity contribution < 1.29 is 28.6 Å². The SMILES string of the molecule is CCCCCCCC/C=C\CCCCCCCC(=O)OC(COC(=O)CCCCCCCCCC)COC(=O)CCCCCCCCCCCCCCCCCCC/C=C\CCCCCCCCCC. The Labute approximate surface area is 436 Å². The number of esters is 3. The van der Waals surface area contributed by atoms with E-state index in [1.165, 1.54) is 244 Å². The Morgan fingerprint density at radius 1 is 0.271 bits per heavy atom. The number of carbonyl (C=O) groups excluding carboxylic acids is 3. The van der Waals surface area contributed by atoms with Crippen molar-refractivity contribution in [2.45, 2.75) is 354 Å². The van der Waals surface area contributed by atoms with E-state index in [4.69, 9.17) is 14.2 Å². The molecule has 0 saturated carbocycles. The second-order valence-electron chi connectivity index (χ2n) is 21.3. The van der Waals surface area contributed by atoms with Crippen LogP contribution in [0.4, 0.5) is 0 Å². The predicted octanol–water partition coefficient (Wildman–Crippen LogP) is 21.1. The van der Waals surface area contributed by atoms with E-state index >= 15 is 0 Å². The Morgan fingerprint density at radius 2 is 0.471 bits per heavy atom. The molecule has 0 aliphatic rings. The normalized spacial score (nSPS) is 12.1. The average Bonchev–Trinajstić information content (AvgIpc) is 3.36. The monoisotopic (exact) mass is 985 g/mol. The third kappa shape index (κ3) is 56.8. The molecule has 0 bridgehead atoms. The quantitative estimate of drug-likeness (QED) is 0.0261. The first-order chi connectivity index (χ1) is 34.5. The van der Waals surface area contributed by atoms with Crippen LogP contribution in [-0.4, -0.2) is 37.2 Å². The molecule has 6 heteroatoms. The highest BCUT2D eigenvalue weighted by Crippen LogP contribution is 2.17. The highest BCUT2D eigenvalue weighted by Gasteiger charge is 2.19. The molecular formula is C64H120O6. The molecule has 412 valence electrons. The third-order valence-electron chi connectivity index (χ3n) is 14.2. The fourth-order valence-electron chi connectivity index (χ4n) is 9.44. The summed E-state index contributed by atoms with van der Waals surface area (Å²) in [7, 11) is 0. The van der Waals surface area contributed by atoms with Crippen molar-refractivity contribution in [1.82, 2.24) is 0 Å². The Morgan fingerprint density at radius 3 is 0.714 bits per heavy atom. The van der Waals surface area contributed by atoms with Gasteiger partial charge in [0, 0.05) is 19.3 Å². The van der Waals surface area contributed by atoms with Crippen molar-refractivity contribution in [1.29, 1.82) is 0 Å². The number of hydrogen-bond donors (Lipinski definition) is 0. The summed E-state index contributed by atoms with van der Waals surface area (Å²) in [5.41, 5.74) is 0. The van der Waals surface area contributed by atoms with Crippen LogP contribution in [0.1, 0.15) is 348 Å². The standard InChI is InChI=1S/C64H120O6/c1-4-7-10-13-16-19-21-23-25-26-27-28-29-30-31-32-33-34-35-36-37-38-40-41-43-45-48-51-54-57-63(66)69-60-61(59-68-62(65)56-53-50-47-18-15-12-9-6-3)70-64(67)58-55-52-49-46-44-42-39-24-22-20-17-14-11-8-5-2/h24,26-27,39,61H,4-23,25,28-38,40-60H2,1-3H3/b27-26-,39-24-. The van der Waals surface area contributed by atoms with Crippen molar-refractivity contribution in [3.8, 4) is 0 Å².